The van der Waals surface area contributed by atoms with Gasteiger partial charge in [-0.15, -0.1) is 0 Å². The lowest BCUT2D eigenvalue weighted by Gasteiger charge is -2.64. The molecule has 0 amide bonds. The van der Waals surface area contributed by atoms with E-state index in [1.165, 1.54) is 38.5 Å². The van der Waals surface area contributed by atoms with Gasteiger partial charge in [0.1, 0.15) is 0 Å². The van der Waals surface area contributed by atoms with Crippen molar-refractivity contribution < 1.29 is 4.52 Å². The molecule has 1 heterocycles. The molecule has 4 nitrogen and oxygen atoms in total. The van der Waals surface area contributed by atoms with Gasteiger partial charge in [0.2, 0.25) is 5.89 Å². The molecular weight excluding hydrogens is 250 g/mol. The standard InChI is InChI=1S/C16H25N3O/c1-10(17)12-18-13(20-19-12)16-6-11-4-14(2,8-16)7-15(3,5-11)9-16/h10-11H,4-9,17H2,1-3H3. The van der Waals surface area contributed by atoms with E-state index in [-0.39, 0.29) is 11.5 Å². The molecular formula is C16H25N3O. The fraction of sp³-hybridized carbons (Fsp3) is 0.875. The zero-order valence-corrected chi connectivity index (χ0v) is 12.8. The van der Waals surface area contributed by atoms with Crippen molar-refractivity contribution in [2.24, 2.45) is 22.5 Å². The third-order valence-electron chi connectivity index (χ3n) is 5.93. The van der Waals surface area contributed by atoms with E-state index in [1.54, 1.807) is 0 Å². The maximum Gasteiger partial charge on any atom is 0.232 e. The summed E-state index contributed by atoms with van der Waals surface area (Å²) in [7, 11) is 0. The maximum atomic E-state index is 5.89. The third kappa shape index (κ3) is 1.70. The first-order valence-corrected chi connectivity index (χ1v) is 7.91. The molecule has 110 valence electrons. The lowest BCUT2D eigenvalue weighted by molar-refractivity contribution is -0.118. The Morgan fingerprint density at radius 1 is 1.15 bits per heavy atom. The van der Waals surface area contributed by atoms with Crippen LogP contribution in [0.15, 0.2) is 4.52 Å². The molecule has 0 aliphatic heterocycles. The summed E-state index contributed by atoms with van der Waals surface area (Å²) in [5, 5.41) is 4.11. The van der Waals surface area contributed by atoms with Crippen LogP contribution in [-0.2, 0) is 5.41 Å². The summed E-state index contributed by atoms with van der Waals surface area (Å²) in [6.07, 6.45) is 7.81. The van der Waals surface area contributed by atoms with Gasteiger partial charge in [-0.3, -0.25) is 0 Å². The van der Waals surface area contributed by atoms with Gasteiger partial charge in [-0.2, -0.15) is 4.98 Å². The fourth-order valence-corrected chi connectivity index (χ4v) is 6.32. The predicted molar refractivity (Wildman–Crippen MR) is 76.0 cm³/mol. The molecule has 2 N–H and O–H groups in total. The van der Waals surface area contributed by atoms with Crippen LogP contribution < -0.4 is 5.73 Å². The topological polar surface area (TPSA) is 64.9 Å². The molecule has 1 aromatic rings. The van der Waals surface area contributed by atoms with E-state index in [4.69, 9.17) is 10.3 Å². The maximum absolute atomic E-state index is 5.89. The average molecular weight is 275 g/mol. The summed E-state index contributed by atoms with van der Waals surface area (Å²) in [6, 6.07) is -0.146. The fourth-order valence-electron chi connectivity index (χ4n) is 6.32. The molecule has 4 heteroatoms. The van der Waals surface area contributed by atoms with Crippen molar-refractivity contribution in [3.8, 4) is 0 Å². The van der Waals surface area contributed by atoms with Gasteiger partial charge in [-0.1, -0.05) is 19.0 Å². The molecule has 0 spiro atoms. The van der Waals surface area contributed by atoms with E-state index in [2.05, 4.69) is 24.0 Å². The normalized spacial score (nSPS) is 47.7. The van der Waals surface area contributed by atoms with Crippen molar-refractivity contribution >= 4 is 0 Å². The molecule has 4 bridgehead atoms. The van der Waals surface area contributed by atoms with Gasteiger partial charge < -0.3 is 10.3 Å². The first-order chi connectivity index (χ1) is 9.32. The number of hydrogen-bond donors (Lipinski definition) is 1. The van der Waals surface area contributed by atoms with Crippen molar-refractivity contribution in [1.29, 1.82) is 0 Å². The molecule has 0 saturated heterocycles. The van der Waals surface area contributed by atoms with Crippen LogP contribution in [0, 0.1) is 16.7 Å². The molecule has 1 aromatic heterocycles. The van der Waals surface area contributed by atoms with Gasteiger partial charge in [0.25, 0.3) is 0 Å². The second kappa shape index (κ2) is 3.65. The minimum atomic E-state index is -0.146. The summed E-state index contributed by atoms with van der Waals surface area (Å²) >= 11 is 0. The van der Waals surface area contributed by atoms with Gasteiger partial charge >= 0.3 is 0 Å². The van der Waals surface area contributed by atoms with E-state index in [1.807, 2.05) is 6.92 Å². The van der Waals surface area contributed by atoms with E-state index >= 15 is 0 Å². The van der Waals surface area contributed by atoms with Crippen LogP contribution >= 0.6 is 0 Å². The van der Waals surface area contributed by atoms with E-state index in [0.717, 1.165) is 11.8 Å². The Balaban J connectivity index is 1.76. The van der Waals surface area contributed by atoms with Crippen LogP contribution in [0.5, 0.6) is 0 Å². The highest BCUT2D eigenvalue weighted by molar-refractivity contribution is 5.20. The van der Waals surface area contributed by atoms with Crippen molar-refractivity contribution in [3.05, 3.63) is 11.7 Å². The number of nitrogens with two attached hydrogens (primary N) is 1. The summed E-state index contributed by atoms with van der Waals surface area (Å²) in [4.78, 5) is 4.66. The molecule has 4 aliphatic carbocycles. The Morgan fingerprint density at radius 2 is 1.80 bits per heavy atom. The highest BCUT2D eigenvalue weighted by atomic mass is 16.5. The van der Waals surface area contributed by atoms with Crippen molar-refractivity contribution in [3.63, 3.8) is 0 Å². The van der Waals surface area contributed by atoms with Crippen LogP contribution in [0.2, 0.25) is 0 Å². The molecule has 4 saturated carbocycles. The SMILES string of the molecule is CC(N)c1noc(C23CC4CC(C)(CC(C)(C4)C2)C3)n1. The smallest absolute Gasteiger partial charge is 0.232 e. The molecule has 5 rings (SSSR count). The van der Waals surface area contributed by atoms with Gasteiger partial charge in [0, 0.05) is 0 Å². The first kappa shape index (κ1) is 12.8. The Hall–Kier alpha value is -0.900. The Morgan fingerprint density at radius 3 is 2.30 bits per heavy atom. The average Bonchev–Trinajstić information content (AvgIpc) is 2.72. The molecule has 0 radical (unpaired) electrons. The molecule has 0 aromatic carbocycles. The minimum absolute atomic E-state index is 0.128. The number of nitrogens with zero attached hydrogens (tertiary/aromatic N) is 2. The summed E-state index contributed by atoms with van der Waals surface area (Å²) in [5.74, 6) is 2.37. The summed E-state index contributed by atoms with van der Waals surface area (Å²) in [5.41, 5.74) is 6.95. The van der Waals surface area contributed by atoms with Crippen LogP contribution in [0.4, 0.5) is 0 Å². The molecule has 3 unspecified atom stereocenters. The molecule has 4 aliphatic rings. The summed E-state index contributed by atoms with van der Waals surface area (Å²) < 4.78 is 5.66. The Labute approximate surface area is 120 Å². The third-order valence-corrected chi connectivity index (χ3v) is 5.93. The number of rotatable bonds is 2. The van der Waals surface area contributed by atoms with E-state index < -0.39 is 0 Å². The lowest BCUT2D eigenvalue weighted by Crippen LogP contribution is -2.57. The Bertz CT molecular complexity index is 532. The van der Waals surface area contributed by atoms with Gasteiger partial charge in [0.05, 0.1) is 11.5 Å². The zero-order valence-electron chi connectivity index (χ0n) is 12.8. The summed E-state index contributed by atoms with van der Waals surface area (Å²) in [6.45, 7) is 6.84. The first-order valence-electron chi connectivity index (χ1n) is 7.91. The predicted octanol–water partition coefficient (Wildman–Crippen LogP) is 3.34. The minimum Gasteiger partial charge on any atom is -0.339 e. The lowest BCUT2D eigenvalue weighted by atomic mass is 9.40. The second-order valence-electron chi connectivity index (χ2n) is 8.66. The van der Waals surface area contributed by atoms with Crippen LogP contribution in [0.25, 0.3) is 0 Å². The Kier molecular flexibility index (Phi) is 2.34. The zero-order chi connectivity index (χ0) is 14.2. The monoisotopic (exact) mass is 275 g/mol. The molecule has 20 heavy (non-hydrogen) atoms. The van der Waals surface area contributed by atoms with Gasteiger partial charge in [-0.25, -0.2) is 0 Å². The highest BCUT2D eigenvalue weighted by Gasteiger charge is 2.62. The van der Waals surface area contributed by atoms with E-state index in [0.29, 0.717) is 16.7 Å². The molecule has 4 fully saturated rings. The number of aromatic nitrogens is 2. The quantitative estimate of drug-likeness (QED) is 0.899. The van der Waals surface area contributed by atoms with Crippen LogP contribution in [0.3, 0.4) is 0 Å². The van der Waals surface area contributed by atoms with E-state index in [9.17, 15) is 0 Å². The van der Waals surface area contributed by atoms with Gasteiger partial charge in [-0.05, 0) is 62.2 Å². The van der Waals surface area contributed by atoms with Crippen LogP contribution in [-0.4, -0.2) is 10.1 Å². The highest BCUT2D eigenvalue weighted by Crippen LogP contribution is 2.69. The van der Waals surface area contributed by atoms with Gasteiger partial charge in [0.15, 0.2) is 5.82 Å². The van der Waals surface area contributed by atoms with Crippen molar-refractivity contribution in [1.82, 2.24) is 10.1 Å². The van der Waals surface area contributed by atoms with Crippen molar-refractivity contribution in [2.75, 3.05) is 0 Å². The number of hydrogen-bond acceptors (Lipinski definition) is 4. The second-order valence-corrected chi connectivity index (χ2v) is 8.66. The largest absolute Gasteiger partial charge is 0.339 e. The molecule has 3 atom stereocenters. The van der Waals surface area contributed by atoms with Crippen molar-refractivity contribution in [2.45, 2.75) is 70.8 Å². The van der Waals surface area contributed by atoms with Crippen LogP contribution in [0.1, 0.15) is 77.1 Å².